The van der Waals surface area contributed by atoms with Crippen LogP contribution in [0.2, 0.25) is 0 Å². The number of aryl methyl sites for hydroxylation is 1. The van der Waals surface area contributed by atoms with Gasteiger partial charge in [0.15, 0.2) is 0 Å². The number of carbonyl (C=O) groups is 2. The first-order valence-electron chi connectivity index (χ1n) is 7.76. The minimum Gasteiger partial charge on any atom is -0.481 e. The summed E-state index contributed by atoms with van der Waals surface area (Å²) in [4.78, 5) is 23.1. The van der Waals surface area contributed by atoms with Crippen LogP contribution in [0.15, 0.2) is 30.5 Å². The summed E-state index contributed by atoms with van der Waals surface area (Å²) in [5, 5.41) is 15.8. The van der Waals surface area contributed by atoms with Gasteiger partial charge in [0.25, 0.3) is 5.91 Å². The zero-order chi connectivity index (χ0) is 17.1. The molecule has 6 nitrogen and oxygen atoms in total. The molecule has 1 fully saturated rings. The number of aliphatic carboxylic acids is 1. The van der Waals surface area contributed by atoms with Gasteiger partial charge in [0.2, 0.25) is 0 Å². The Morgan fingerprint density at radius 3 is 2.92 bits per heavy atom. The lowest BCUT2D eigenvalue weighted by molar-refractivity contribution is -0.133. The van der Waals surface area contributed by atoms with Gasteiger partial charge in [-0.15, -0.1) is 11.8 Å². The Morgan fingerprint density at radius 1 is 1.42 bits per heavy atom. The Balaban J connectivity index is 1.67. The zero-order valence-corrected chi connectivity index (χ0v) is 14.2. The lowest BCUT2D eigenvalue weighted by atomic mass is 10.1. The maximum atomic E-state index is 12.5. The molecule has 1 aromatic carbocycles. The smallest absolute Gasteiger partial charge is 0.313 e. The van der Waals surface area contributed by atoms with Crippen molar-refractivity contribution in [2.75, 3.05) is 11.1 Å². The van der Waals surface area contributed by atoms with Crippen LogP contribution < -0.4 is 5.32 Å². The SMILES string of the molecule is Cn1ncc(C(=O)Nc2cccc(CSCC(=O)O)c2)c1C1CC1. The first-order chi connectivity index (χ1) is 11.5. The van der Waals surface area contributed by atoms with Crippen LogP contribution in [-0.4, -0.2) is 32.5 Å². The molecule has 1 aliphatic rings. The Hall–Kier alpha value is -2.28. The average Bonchev–Trinajstić information content (AvgIpc) is 3.29. The minimum absolute atomic E-state index is 0.0665. The summed E-state index contributed by atoms with van der Waals surface area (Å²) >= 11 is 1.33. The highest BCUT2D eigenvalue weighted by molar-refractivity contribution is 7.99. The van der Waals surface area contributed by atoms with Gasteiger partial charge in [-0.3, -0.25) is 14.3 Å². The third-order valence-electron chi connectivity index (χ3n) is 3.87. The van der Waals surface area contributed by atoms with E-state index < -0.39 is 5.97 Å². The summed E-state index contributed by atoms with van der Waals surface area (Å²) < 4.78 is 1.78. The largest absolute Gasteiger partial charge is 0.481 e. The lowest BCUT2D eigenvalue weighted by Gasteiger charge is -2.08. The molecule has 1 amide bonds. The maximum Gasteiger partial charge on any atom is 0.313 e. The van der Waals surface area contributed by atoms with Gasteiger partial charge in [0.05, 0.1) is 23.2 Å². The second-order valence-electron chi connectivity index (χ2n) is 5.88. The highest BCUT2D eigenvalue weighted by atomic mass is 32.2. The monoisotopic (exact) mass is 345 g/mol. The number of benzene rings is 1. The molecule has 1 aliphatic carbocycles. The van der Waals surface area contributed by atoms with E-state index in [9.17, 15) is 9.59 Å². The van der Waals surface area contributed by atoms with Gasteiger partial charge in [0.1, 0.15) is 0 Å². The standard InChI is InChI=1S/C17H19N3O3S/c1-20-16(12-5-6-12)14(8-18-20)17(23)19-13-4-2-3-11(7-13)9-24-10-15(21)22/h2-4,7-8,12H,5-6,9-10H2,1H3,(H,19,23)(H,21,22). The van der Waals surface area contributed by atoms with Crippen LogP contribution in [0.1, 0.15) is 40.4 Å². The molecule has 0 aliphatic heterocycles. The Kier molecular flexibility index (Phi) is 4.89. The summed E-state index contributed by atoms with van der Waals surface area (Å²) in [5.41, 5.74) is 3.32. The Bertz CT molecular complexity index is 768. The number of rotatable bonds is 7. The molecule has 0 atom stereocenters. The van der Waals surface area contributed by atoms with E-state index in [0.29, 0.717) is 22.9 Å². The number of hydrogen-bond acceptors (Lipinski definition) is 4. The molecule has 2 aromatic rings. The van der Waals surface area contributed by atoms with Crippen LogP contribution in [0, 0.1) is 0 Å². The van der Waals surface area contributed by atoms with Crippen LogP contribution in [0.3, 0.4) is 0 Å². The van der Waals surface area contributed by atoms with Crippen molar-refractivity contribution >= 4 is 29.3 Å². The number of carboxylic acid groups (broad SMARTS) is 1. The summed E-state index contributed by atoms with van der Waals surface area (Å²) in [6.07, 6.45) is 3.84. The van der Waals surface area contributed by atoms with Gasteiger partial charge in [-0.1, -0.05) is 12.1 Å². The second-order valence-corrected chi connectivity index (χ2v) is 6.87. The number of nitrogens with one attached hydrogen (secondary N) is 1. The maximum absolute atomic E-state index is 12.5. The fourth-order valence-corrected chi connectivity index (χ4v) is 3.35. The van der Waals surface area contributed by atoms with Gasteiger partial charge in [-0.05, 0) is 30.5 Å². The zero-order valence-electron chi connectivity index (χ0n) is 13.4. The number of thioether (sulfide) groups is 1. The quantitative estimate of drug-likeness (QED) is 0.806. The lowest BCUT2D eigenvalue weighted by Crippen LogP contribution is -2.14. The first kappa shape index (κ1) is 16.6. The van der Waals surface area contributed by atoms with Crippen molar-refractivity contribution in [3.8, 4) is 0 Å². The third kappa shape index (κ3) is 3.97. The molecule has 3 rings (SSSR count). The minimum atomic E-state index is -0.825. The molecular weight excluding hydrogens is 326 g/mol. The molecular formula is C17H19N3O3S. The molecule has 24 heavy (non-hydrogen) atoms. The fraction of sp³-hybridized carbons (Fsp3) is 0.353. The van der Waals surface area contributed by atoms with E-state index >= 15 is 0 Å². The molecule has 0 spiro atoms. The number of amides is 1. The van der Waals surface area contributed by atoms with Crippen molar-refractivity contribution < 1.29 is 14.7 Å². The fourth-order valence-electron chi connectivity index (χ4n) is 2.66. The molecule has 126 valence electrons. The Morgan fingerprint density at radius 2 is 2.21 bits per heavy atom. The number of carbonyl (C=O) groups excluding carboxylic acids is 1. The number of carboxylic acids is 1. The number of nitrogens with zero attached hydrogens (tertiary/aromatic N) is 2. The van der Waals surface area contributed by atoms with E-state index in [1.54, 1.807) is 10.9 Å². The summed E-state index contributed by atoms with van der Waals surface area (Å²) in [6, 6.07) is 7.48. The number of hydrogen-bond donors (Lipinski definition) is 2. The molecule has 0 bridgehead atoms. The highest BCUT2D eigenvalue weighted by Gasteiger charge is 2.31. The molecule has 0 radical (unpaired) electrons. The molecule has 1 saturated carbocycles. The normalized spacial score (nSPS) is 13.7. The average molecular weight is 345 g/mol. The molecule has 2 N–H and O–H groups in total. The van der Waals surface area contributed by atoms with Crippen molar-refractivity contribution in [1.82, 2.24) is 9.78 Å². The summed E-state index contributed by atoms with van der Waals surface area (Å²) in [6.45, 7) is 0. The number of anilines is 1. The van der Waals surface area contributed by atoms with E-state index in [1.165, 1.54) is 11.8 Å². The van der Waals surface area contributed by atoms with Crippen LogP contribution >= 0.6 is 11.8 Å². The van der Waals surface area contributed by atoms with Gasteiger partial charge in [-0.2, -0.15) is 5.10 Å². The summed E-state index contributed by atoms with van der Waals surface area (Å²) in [5.74, 6) is 0.124. The second kappa shape index (κ2) is 7.09. The molecule has 1 aromatic heterocycles. The summed E-state index contributed by atoms with van der Waals surface area (Å²) in [7, 11) is 1.87. The first-order valence-corrected chi connectivity index (χ1v) is 8.92. The molecule has 0 saturated heterocycles. The molecule has 7 heteroatoms. The van der Waals surface area contributed by atoms with Crippen LogP contribution in [-0.2, 0) is 17.6 Å². The van der Waals surface area contributed by atoms with E-state index in [0.717, 1.165) is 24.1 Å². The van der Waals surface area contributed by atoms with Crippen LogP contribution in [0.25, 0.3) is 0 Å². The van der Waals surface area contributed by atoms with Gasteiger partial charge < -0.3 is 10.4 Å². The van der Waals surface area contributed by atoms with Gasteiger partial charge >= 0.3 is 5.97 Å². The molecule has 0 unspecified atom stereocenters. The highest BCUT2D eigenvalue weighted by Crippen LogP contribution is 2.41. The molecule has 1 heterocycles. The van der Waals surface area contributed by atoms with E-state index in [1.807, 2.05) is 31.3 Å². The topological polar surface area (TPSA) is 84.2 Å². The van der Waals surface area contributed by atoms with Gasteiger partial charge in [0, 0.05) is 24.4 Å². The predicted octanol–water partition coefficient (Wildman–Crippen LogP) is 2.87. The number of aromatic nitrogens is 2. The van der Waals surface area contributed by atoms with Crippen LogP contribution in [0.5, 0.6) is 0 Å². The van der Waals surface area contributed by atoms with Crippen molar-refractivity contribution in [3.63, 3.8) is 0 Å². The predicted molar refractivity (Wildman–Crippen MR) is 93.4 cm³/mol. The van der Waals surface area contributed by atoms with Crippen molar-refractivity contribution in [2.24, 2.45) is 7.05 Å². The van der Waals surface area contributed by atoms with E-state index in [-0.39, 0.29) is 11.7 Å². The van der Waals surface area contributed by atoms with Crippen LogP contribution in [0.4, 0.5) is 5.69 Å². The third-order valence-corrected chi connectivity index (χ3v) is 4.86. The van der Waals surface area contributed by atoms with E-state index in [4.69, 9.17) is 5.11 Å². The van der Waals surface area contributed by atoms with Crippen molar-refractivity contribution in [3.05, 3.63) is 47.3 Å². The van der Waals surface area contributed by atoms with Crippen molar-refractivity contribution in [2.45, 2.75) is 24.5 Å². The van der Waals surface area contributed by atoms with Gasteiger partial charge in [-0.25, -0.2) is 0 Å². The Labute approximate surface area is 144 Å². The van der Waals surface area contributed by atoms with Crippen molar-refractivity contribution in [1.29, 1.82) is 0 Å². The van der Waals surface area contributed by atoms with E-state index in [2.05, 4.69) is 10.4 Å².